The van der Waals surface area contributed by atoms with Crippen LogP contribution in [0.1, 0.15) is 77.8 Å². The lowest BCUT2D eigenvalue weighted by Crippen LogP contribution is -2.47. The predicted molar refractivity (Wildman–Crippen MR) is 177 cm³/mol. The van der Waals surface area contributed by atoms with E-state index in [9.17, 15) is 0 Å². The summed E-state index contributed by atoms with van der Waals surface area (Å²) in [5, 5.41) is 0. The highest BCUT2D eigenvalue weighted by molar-refractivity contribution is 7.82. The van der Waals surface area contributed by atoms with Gasteiger partial charge in [-0.2, -0.15) is 12.6 Å². The number of nitrogens with zero attached hydrogens (tertiary/aromatic N) is 2. The summed E-state index contributed by atoms with van der Waals surface area (Å²) >= 11 is 5.07. The fourth-order valence-corrected chi connectivity index (χ4v) is 6.16. The number of thiol groups is 1. The molecule has 1 heterocycles. The lowest BCUT2D eigenvalue weighted by atomic mass is 9.90. The zero-order valence-corrected chi connectivity index (χ0v) is 26.1. The van der Waals surface area contributed by atoms with Crippen molar-refractivity contribution in [2.75, 3.05) is 37.6 Å². The molecule has 212 valence electrons. The van der Waals surface area contributed by atoms with E-state index in [4.69, 9.17) is 12.6 Å². The summed E-state index contributed by atoms with van der Waals surface area (Å²) in [5.74, 6) is 0. The van der Waals surface area contributed by atoms with Crippen LogP contribution in [0.4, 0.5) is 5.69 Å². The Hall–Kier alpha value is -2.23. The molecule has 3 aliphatic rings. The summed E-state index contributed by atoms with van der Waals surface area (Å²) in [6.45, 7) is 15.9. The van der Waals surface area contributed by atoms with E-state index >= 15 is 0 Å². The average Bonchev–Trinajstić information content (AvgIpc) is 3.07. The van der Waals surface area contributed by atoms with Gasteiger partial charge in [-0.1, -0.05) is 100 Å². The molecule has 2 aliphatic carbocycles. The Morgan fingerprint density at radius 1 is 1.00 bits per heavy atom. The van der Waals surface area contributed by atoms with Crippen LogP contribution in [0.5, 0.6) is 0 Å². The van der Waals surface area contributed by atoms with E-state index in [0.717, 1.165) is 39.1 Å². The van der Waals surface area contributed by atoms with Crippen molar-refractivity contribution in [3.63, 3.8) is 0 Å². The summed E-state index contributed by atoms with van der Waals surface area (Å²) in [7, 11) is 0. The smallest absolute Gasteiger partial charge is 0.0538 e. The molecule has 0 saturated carbocycles. The molecule has 1 aromatic rings. The van der Waals surface area contributed by atoms with Gasteiger partial charge in [0.25, 0.3) is 0 Å². The lowest BCUT2D eigenvalue weighted by molar-refractivity contribution is 0.280. The van der Waals surface area contributed by atoms with Crippen LogP contribution in [0.15, 0.2) is 89.6 Å². The molecule has 1 atom stereocenters. The minimum atomic E-state index is -0.303. The monoisotopic (exact) mass is 544 g/mol. The third kappa shape index (κ3) is 8.88. The van der Waals surface area contributed by atoms with Crippen LogP contribution >= 0.6 is 12.6 Å². The Morgan fingerprint density at radius 3 is 2.46 bits per heavy atom. The van der Waals surface area contributed by atoms with Crippen molar-refractivity contribution in [3.05, 3.63) is 101 Å². The van der Waals surface area contributed by atoms with Gasteiger partial charge < -0.3 is 4.90 Å². The first-order chi connectivity index (χ1) is 19.0. The van der Waals surface area contributed by atoms with Crippen LogP contribution in [-0.2, 0) is 12.8 Å². The molecule has 0 spiro atoms. The number of rotatable bonds is 7. The number of fused-ring (bicyclic) bond motifs is 1. The van der Waals surface area contributed by atoms with Gasteiger partial charge in [0.2, 0.25) is 0 Å². The van der Waals surface area contributed by atoms with Crippen molar-refractivity contribution in [2.24, 2.45) is 0 Å². The summed E-state index contributed by atoms with van der Waals surface area (Å²) < 4.78 is -0.303. The Kier molecular flexibility index (Phi) is 12.9. The molecular formula is C36H52N2S. The Morgan fingerprint density at radius 2 is 1.74 bits per heavy atom. The Labute approximate surface area is 245 Å². The molecule has 39 heavy (non-hydrogen) atoms. The van der Waals surface area contributed by atoms with Crippen molar-refractivity contribution >= 4 is 18.3 Å². The van der Waals surface area contributed by atoms with Gasteiger partial charge in [0.15, 0.2) is 0 Å². The Bertz CT molecular complexity index is 1090. The number of hydrogen-bond acceptors (Lipinski definition) is 3. The number of benzene rings is 1. The molecule has 4 rings (SSSR count). The van der Waals surface area contributed by atoms with Crippen LogP contribution in [0.25, 0.3) is 0 Å². The highest BCUT2D eigenvalue weighted by Crippen LogP contribution is 2.35. The van der Waals surface area contributed by atoms with E-state index in [1.54, 1.807) is 11.1 Å². The van der Waals surface area contributed by atoms with Crippen molar-refractivity contribution in [1.29, 1.82) is 0 Å². The second kappa shape index (κ2) is 16.1. The summed E-state index contributed by atoms with van der Waals surface area (Å²) in [6.07, 6.45) is 28.9. The van der Waals surface area contributed by atoms with Crippen LogP contribution < -0.4 is 4.90 Å². The predicted octanol–water partition coefficient (Wildman–Crippen LogP) is 9.07. The minimum absolute atomic E-state index is 0.303. The molecule has 3 heteroatoms. The molecule has 0 amide bonds. The van der Waals surface area contributed by atoms with Crippen LogP contribution in [-0.4, -0.2) is 42.4 Å². The van der Waals surface area contributed by atoms with E-state index in [0.29, 0.717) is 0 Å². The number of aryl methyl sites for hydroxylation is 1. The van der Waals surface area contributed by atoms with Gasteiger partial charge in [-0.05, 0) is 79.9 Å². The molecule has 0 bridgehead atoms. The van der Waals surface area contributed by atoms with E-state index < -0.39 is 0 Å². The summed E-state index contributed by atoms with van der Waals surface area (Å²) in [4.78, 5) is 5.27. The molecule has 1 aliphatic heterocycles. The summed E-state index contributed by atoms with van der Waals surface area (Å²) in [5.41, 5.74) is 8.65. The molecule has 0 aromatic heterocycles. The first-order valence-electron chi connectivity index (χ1n) is 15.4. The van der Waals surface area contributed by atoms with Crippen molar-refractivity contribution in [2.45, 2.75) is 84.3 Å². The highest BCUT2D eigenvalue weighted by Gasteiger charge is 2.26. The number of hydrogen-bond donors (Lipinski definition) is 1. The SMILES string of the molecule is CC.C\C=C/C=C\C(=C/CC)C1=CC(CN2CCN(c3cccc4c3CCCCCC4)CC2)=CC=CC1(C)S. The number of anilines is 1. The average molecular weight is 545 g/mol. The maximum absolute atomic E-state index is 5.07. The lowest BCUT2D eigenvalue weighted by Gasteiger charge is -2.38. The van der Waals surface area contributed by atoms with E-state index in [2.05, 4.69) is 103 Å². The standard InChI is InChI=1S/C34H46N2S.C2H6/c1-4-6-9-17-30(14-5-2)32-26-28(15-13-21-34(32,3)37)27-35-22-24-36(25-23-35)33-20-12-18-29-16-10-7-8-11-19-31(29)33;1-2/h4,6,9,12-15,17-18,20-21,26,37H,5,7-8,10-11,16,19,22-25,27H2,1-3H3;1-2H3/b6-4-,17-9-,30-14+;. The van der Waals surface area contributed by atoms with Gasteiger partial charge in [0.05, 0.1) is 4.75 Å². The highest BCUT2D eigenvalue weighted by atomic mass is 32.1. The zero-order chi connectivity index (χ0) is 28.1. The van der Waals surface area contributed by atoms with Gasteiger partial charge in [-0.25, -0.2) is 0 Å². The van der Waals surface area contributed by atoms with Gasteiger partial charge in [0.1, 0.15) is 0 Å². The van der Waals surface area contributed by atoms with Crippen molar-refractivity contribution in [1.82, 2.24) is 4.90 Å². The molecule has 1 unspecified atom stereocenters. The quantitative estimate of drug-likeness (QED) is 0.270. The van der Waals surface area contributed by atoms with Gasteiger partial charge in [-0.15, -0.1) is 0 Å². The molecular weight excluding hydrogens is 492 g/mol. The van der Waals surface area contributed by atoms with Gasteiger partial charge in [0, 0.05) is 38.4 Å². The van der Waals surface area contributed by atoms with Crippen molar-refractivity contribution < 1.29 is 0 Å². The Balaban J connectivity index is 0.00000205. The molecule has 1 fully saturated rings. The van der Waals surface area contributed by atoms with E-state index in [-0.39, 0.29) is 4.75 Å². The van der Waals surface area contributed by atoms with E-state index in [1.165, 1.54) is 60.9 Å². The largest absolute Gasteiger partial charge is 0.369 e. The minimum Gasteiger partial charge on any atom is -0.369 e. The molecule has 1 saturated heterocycles. The van der Waals surface area contributed by atoms with Crippen molar-refractivity contribution in [3.8, 4) is 0 Å². The number of piperazine rings is 1. The maximum atomic E-state index is 5.07. The van der Waals surface area contributed by atoms with Crippen LogP contribution in [0.3, 0.4) is 0 Å². The second-order valence-corrected chi connectivity index (χ2v) is 11.8. The molecule has 0 radical (unpaired) electrons. The fourth-order valence-electron chi connectivity index (χ4n) is 5.88. The topological polar surface area (TPSA) is 6.48 Å². The zero-order valence-electron chi connectivity index (χ0n) is 25.3. The summed E-state index contributed by atoms with van der Waals surface area (Å²) in [6, 6.07) is 7.04. The van der Waals surface area contributed by atoms with Crippen LogP contribution in [0, 0.1) is 0 Å². The fraction of sp³-hybridized carbons (Fsp3) is 0.500. The molecule has 2 nitrogen and oxygen atoms in total. The van der Waals surface area contributed by atoms with Gasteiger partial charge >= 0.3 is 0 Å². The maximum Gasteiger partial charge on any atom is 0.0538 e. The third-order valence-electron chi connectivity index (χ3n) is 7.91. The molecule has 0 N–H and O–H groups in total. The molecule has 1 aromatic carbocycles. The van der Waals surface area contributed by atoms with Crippen LogP contribution in [0.2, 0.25) is 0 Å². The first-order valence-corrected chi connectivity index (χ1v) is 15.9. The van der Waals surface area contributed by atoms with Gasteiger partial charge in [-0.3, -0.25) is 4.90 Å². The third-order valence-corrected chi connectivity index (χ3v) is 8.30. The van der Waals surface area contributed by atoms with E-state index in [1.807, 2.05) is 13.8 Å². The second-order valence-electron chi connectivity index (χ2n) is 10.9. The number of allylic oxidation sites excluding steroid dienone is 8. The first kappa shape index (κ1) is 31.3. The normalized spacial score (nSPS) is 22.9.